The lowest BCUT2D eigenvalue weighted by Crippen LogP contribution is -1.78. The Morgan fingerprint density at radius 1 is 1.40 bits per heavy atom. The molecule has 1 unspecified atom stereocenters. The molecule has 0 aliphatic heterocycles. The predicted octanol–water partition coefficient (Wildman–Crippen LogP) is -0.0452. The number of nitrogens with zero attached hydrogens (tertiary/aromatic N) is 3. The fraction of sp³-hybridized carbons (Fsp3) is 0.250. The van der Waals surface area contributed by atoms with E-state index in [2.05, 4.69) is 15.4 Å². The van der Waals surface area contributed by atoms with Crippen LogP contribution in [0.1, 0.15) is 0 Å². The van der Waals surface area contributed by atoms with Gasteiger partial charge in [0.05, 0.1) is 12.4 Å². The molecule has 0 saturated carbocycles. The van der Waals surface area contributed by atoms with Gasteiger partial charge in [0.25, 0.3) is 0 Å². The third-order valence-corrected chi connectivity index (χ3v) is 0.409. The normalized spacial score (nSPS) is 11.0. The Bertz CT molecular complexity index is 150. The summed E-state index contributed by atoms with van der Waals surface area (Å²) in [5, 5.41) is 10.1. The molecule has 1 N–H and O–H groups in total. The highest BCUT2D eigenvalue weighted by Crippen LogP contribution is 1.99. The minimum absolute atomic E-state index is 1.27. The summed E-state index contributed by atoms with van der Waals surface area (Å²) in [5.41, 5.74) is 0. The number of hydrogen-bond acceptors (Lipinski definition) is 4. The van der Waals surface area contributed by atoms with Crippen LogP contribution in [0.5, 0.6) is 0 Å². The van der Waals surface area contributed by atoms with E-state index in [0.717, 1.165) is 0 Å². The topological polar surface area (TPSA) is 76.0 Å². The van der Waals surface area contributed by atoms with Crippen molar-refractivity contribution < 1.29 is 9.46 Å². The van der Waals surface area contributed by atoms with E-state index in [1.54, 1.807) is 18.5 Å². The van der Waals surface area contributed by atoms with Crippen LogP contribution < -0.4 is 0 Å². The average Bonchev–Trinajstić information content (AvgIpc) is 1.90. The van der Waals surface area contributed by atoms with Crippen molar-refractivity contribution >= 4 is 8.03 Å². The molecule has 0 aliphatic carbocycles. The van der Waals surface area contributed by atoms with E-state index >= 15 is 0 Å². The van der Waals surface area contributed by atoms with Crippen molar-refractivity contribution in [1.82, 2.24) is 15.4 Å². The molecule has 6 heteroatoms. The van der Waals surface area contributed by atoms with Gasteiger partial charge >= 0.3 is 0 Å². The summed E-state index contributed by atoms with van der Waals surface area (Å²) in [7, 11) is -2.13. The molecule has 1 atom stereocenters. The number of hydrogen-bond donors (Lipinski definition) is 1. The van der Waals surface area contributed by atoms with E-state index in [0.29, 0.717) is 0 Å². The zero-order valence-corrected chi connectivity index (χ0v) is 6.43. The van der Waals surface area contributed by atoms with Crippen LogP contribution in [0.4, 0.5) is 0 Å². The SMILES string of the molecule is C[PH](=O)O.c1cnnnc1. The highest BCUT2D eigenvalue weighted by atomic mass is 31.1. The molecule has 56 valence electrons. The van der Waals surface area contributed by atoms with Gasteiger partial charge in [0.1, 0.15) is 0 Å². The van der Waals surface area contributed by atoms with Gasteiger partial charge in [-0.15, -0.1) is 10.2 Å². The molecule has 1 aromatic heterocycles. The van der Waals surface area contributed by atoms with Crippen molar-refractivity contribution in [3.63, 3.8) is 0 Å². The first-order valence-electron chi connectivity index (χ1n) is 2.51. The maximum absolute atomic E-state index is 9.19. The predicted molar refractivity (Wildman–Crippen MR) is 37.0 cm³/mol. The zero-order valence-electron chi connectivity index (χ0n) is 5.43. The van der Waals surface area contributed by atoms with Gasteiger partial charge in [-0.3, -0.25) is 4.57 Å². The molecule has 0 radical (unpaired) electrons. The Hall–Kier alpha value is -0.800. The third kappa shape index (κ3) is 10.2. The van der Waals surface area contributed by atoms with E-state index in [-0.39, 0.29) is 0 Å². The maximum Gasteiger partial charge on any atom is 0.186 e. The second-order valence-corrected chi connectivity index (χ2v) is 2.37. The monoisotopic (exact) mass is 161 g/mol. The summed E-state index contributed by atoms with van der Waals surface area (Å²) in [6.45, 7) is 1.27. The first kappa shape index (κ1) is 9.20. The van der Waals surface area contributed by atoms with Crippen molar-refractivity contribution in [3.05, 3.63) is 18.5 Å². The maximum atomic E-state index is 9.19. The largest absolute Gasteiger partial charge is 0.346 e. The Morgan fingerprint density at radius 2 is 1.80 bits per heavy atom. The van der Waals surface area contributed by atoms with Crippen molar-refractivity contribution in [2.24, 2.45) is 0 Å². The molecule has 0 saturated heterocycles. The summed E-state index contributed by atoms with van der Waals surface area (Å²) in [5.74, 6) is 0. The summed E-state index contributed by atoms with van der Waals surface area (Å²) in [6, 6.07) is 1.72. The van der Waals surface area contributed by atoms with Crippen LogP contribution in [0.15, 0.2) is 18.5 Å². The molecule has 0 bridgehead atoms. The Balaban J connectivity index is 0.000000180. The van der Waals surface area contributed by atoms with E-state index in [4.69, 9.17) is 4.89 Å². The van der Waals surface area contributed by atoms with Gasteiger partial charge < -0.3 is 4.89 Å². The molecular weight excluding hydrogens is 153 g/mol. The van der Waals surface area contributed by atoms with Crippen molar-refractivity contribution in [2.45, 2.75) is 0 Å². The second-order valence-electron chi connectivity index (χ2n) is 1.33. The minimum Gasteiger partial charge on any atom is -0.346 e. The zero-order chi connectivity index (χ0) is 7.82. The van der Waals surface area contributed by atoms with Gasteiger partial charge in [0.2, 0.25) is 0 Å². The number of aromatic nitrogens is 3. The second kappa shape index (κ2) is 6.32. The van der Waals surface area contributed by atoms with Crippen LogP contribution in [-0.2, 0) is 4.57 Å². The molecular formula is C4H8N3O2P. The van der Waals surface area contributed by atoms with E-state index in [1.165, 1.54) is 6.66 Å². The van der Waals surface area contributed by atoms with Crippen LogP contribution in [0.2, 0.25) is 0 Å². The molecule has 1 aromatic rings. The van der Waals surface area contributed by atoms with Crippen LogP contribution in [0, 0.1) is 0 Å². The summed E-state index contributed by atoms with van der Waals surface area (Å²) in [6.07, 6.45) is 3.15. The van der Waals surface area contributed by atoms with Crippen molar-refractivity contribution in [3.8, 4) is 0 Å². The molecule has 5 nitrogen and oxygen atoms in total. The van der Waals surface area contributed by atoms with Gasteiger partial charge in [0, 0.05) is 6.66 Å². The van der Waals surface area contributed by atoms with Gasteiger partial charge in [-0.05, 0) is 11.3 Å². The molecule has 1 heterocycles. The lowest BCUT2D eigenvalue weighted by Gasteiger charge is -1.68. The van der Waals surface area contributed by atoms with E-state index < -0.39 is 8.03 Å². The minimum atomic E-state index is -2.13. The smallest absolute Gasteiger partial charge is 0.186 e. The molecule has 0 aliphatic rings. The van der Waals surface area contributed by atoms with Crippen molar-refractivity contribution in [2.75, 3.05) is 6.66 Å². The standard InChI is InChI=1S/C3H3N3.CH5O2P/c1-2-4-6-5-3-1;1-4(2)3/h1-3H;4H,1H3,(H,2,3). The van der Waals surface area contributed by atoms with Crippen LogP contribution in [0.25, 0.3) is 0 Å². The molecule has 0 amide bonds. The van der Waals surface area contributed by atoms with Gasteiger partial charge in [0.15, 0.2) is 8.03 Å². The molecule has 0 aromatic carbocycles. The van der Waals surface area contributed by atoms with E-state index in [1.807, 2.05) is 0 Å². The van der Waals surface area contributed by atoms with E-state index in [9.17, 15) is 4.57 Å². The Morgan fingerprint density at radius 3 is 1.90 bits per heavy atom. The van der Waals surface area contributed by atoms with Crippen LogP contribution in [0.3, 0.4) is 0 Å². The van der Waals surface area contributed by atoms with Gasteiger partial charge in [-0.1, -0.05) is 0 Å². The first-order valence-corrected chi connectivity index (χ1v) is 4.37. The lowest BCUT2D eigenvalue weighted by atomic mass is 10.7. The number of rotatable bonds is 0. The fourth-order valence-electron chi connectivity index (χ4n) is 0.205. The first-order chi connectivity index (χ1) is 4.73. The molecule has 0 spiro atoms. The summed E-state index contributed by atoms with van der Waals surface area (Å²) >= 11 is 0. The van der Waals surface area contributed by atoms with Gasteiger partial charge in [-0.2, -0.15) is 0 Å². The molecule has 1 rings (SSSR count). The highest BCUT2D eigenvalue weighted by molar-refractivity contribution is 7.36. The van der Waals surface area contributed by atoms with Gasteiger partial charge in [-0.25, -0.2) is 0 Å². The van der Waals surface area contributed by atoms with Crippen LogP contribution in [-0.4, -0.2) is 27.0 Å². The Kier molecular flexibility index (Phi) is 5.82. The summed E-state index contributed by atoms with van der Waals surface area (Å²) < 4.78 is 9.19. The summed E-state index contributed by atoms with van der Waals surface area (Å²) in [4.78, 5) is 7.60. The third-order valence-electron chi connectivity index (χ3n) is 0.409. The molecule has 10 heavy (non-hydrogen) atoms. The van der Waals surface area contributed by atoms with Crippen LogP contribution >= 0.6 is 8.03 Å². The molecule has 0 fully saturated rings. The Labute approximate surface area is 59.0 Å². The average molecular weight is 161 g/mol. The highest BCUT2D eigenvalue weighted by Gasteiger charge is 1.60. The lowest BCUT2D eigenvalue weighted by molar-refractivity contribution is 0.509. The van der Waals surface area contributed by atoms with Crippen molar-refractivity contribution in [1.29, 1.82) is 0 Å². The quantitative estimate of drug-likeness (QED) is 0.540. The fourth-order valence-corrected chi connectivity index (χ4v) is 0.205.